The average Bonchev–Trinajstić information content (AvgIpc) is 2.65. The third-order valence-corrected chi connectivity index (χ3v) is 3.42. The molecule has 1 heterocycles. The Morgan fingerprint density at radius 1 is 1.32 bits per heavy atom. The van der Waals surface area contributed by atoms with Crippen molar-refractivity contribution in [1.82, 2.24) is 4.57 Å². The van der Waals surface area contributed by atoms with E-state index in [0.717, 1.165) is 28.4 Å². The van der Waals surface area contributed by atoms with Gasteiger partial charge < -0.3 is 9.30 Å². The number of nitrogens with zero attached hydrogens (tertiary/aromatic N) is 2. The summed E-state index contributed by atoms with van der Waals surface area (Å²) in [5.41, 5.74) is 4.03. The molecule has 2 rings (SSSR count). The topological polar surface area (TPSA) is 38.0 Å². The Morgan fingerprint density at radius 2 is 2.05 bits per heavy atom. The number of aromatic nitrogens is 1. The Kier molecular flexibility index (Phi) is 3.82. The predicted octanol–water partition coefficient (Wildman–Crippen LogP) is 3.82. The second-order valence-electron chi connectivity index (χ2n) is 4.38. The van der Waals surface area contributed by atoms with E-state index < -0.39 is 0 Å². The summed E-state index contributed by atoms with van der Waals surface area (Å²) in [7, 11) is 1.64. The number of aryl methyl sites for hydroxylation is 1. The van der Waals surface area contributed by atoms with Crippen LogP contribution in [0.5, 0.6) is 5.75 Å². The van der Waals surface area contributed by atoms with Crippen LogP contribution in [0.3, 0.4) is 0 Å². The molecule has 0 amide bonds. The monoisotopic (exact) mass is 274 g/mol. The highest BCUT2D eigenvalue weighted by atomic mass is 35.5. The third kappa shape index (κ3) is 2.45. The summed E-state index contributed by atoms with van der Waals surface area (Å²) in [4.78, 5) is 0. The largest absolute Gasteiger partial charge is 0.495 e. The number of halogens is 1. The molecule has 0 fully saturated rings. The van der Waals surface area contributed by atoms with Gasteiger partial charge in [0.25, 0.3) is 0 Å². The molecular weight excluding hydrogens is 260 g/mol. The second kappa shape index (κ2) is 5.38. The van der Waals surface area contributed by atoms with Gasteiger partial charge in [0, 0.05) is 16.4 Å². The van der Waals surface area contributed by atoms with E-state index in [1.54, 1.807) is 13.2 Å². The summed E-state index contributed by atoms with van der Waals surface area (Å²) < 4.78 is 7.46. The van der Waals surface area contributed by atoms with Crippen LogP contribution >= 0.6 is 11.6 Å². The van der Waals surface area contributed by atoms with Crippen molar-refractivity contribution >= 4 is 11.6 Å². The predicted molar refractivity (Wildman–Crippen MR) is 76.1 cm³/mol. The van der Waals surface area contributed by atoms with E-state index in [1.807, 2.05) is 32.0 Å². The van der Waals surface area contributed by atoms with E-state index in [2.05, 4.69) is 10.6 Å². The molecule has 0 bridgehead atoms. The Balaban J connectivity index is 2.65. The normalized spacial score (nSPS) is 10.3. The first-order valence-corrected chi connectivity index (χ1v) is 6.35. The van der Waals surface area contributed by atoms with Crippen molar-refractivity contribution in [3.63, 3.8) is 0 Å². The number of benzene rings is 1. The molecule has 98 valence electrons. The summed E-state index contributed by atoms with van der Waals surface area (Å²) in [5, 5.41) is 9.51. The number of ether oxygens (including phenoxy) is 1. The summed E-state index contributed by atoms with van der Waals surface area (Å²) in [6.45, 7) is 4.01. The van der Waals surface area contributed by atoms with Crippen LogP contribution < -0.4 is 4.74 Å². The summed E-state index contributed by atoms with van der Waals surface area (Å²) >= 11 is 6.08. The molecule has 0 radical (unpaired) electrons. The maximum Gasteiger partial charge on any atom is 0.142 e. The van der Waals surface area contributed by atoms with Crippen molar-refractivity contribution in [2.24, 2.45) is 0 Å². The molecule has 0 spiro atoms. The lowest BCUT2D eigenvalue weighted by Gasteiger charge is -2.14. The van der Waals surface area contributed by atoms with Crippen molar-refractivity contribution < 1.29 is 4.74 Å². The first-order valence-electron chi connectivity index (χ1n) is 5.97. The minimum atomic E-state index is 0.405. The molecule has 0 N–H and O–H groups in total. The number of nitriles is 1. The van der Waals surface area contributed by atoms with Gasteiger partial charge in [-0.3, -0.25) is 0 Å². The standard InChI is InChI=1S/C15H15ClN2O/c1-10-8-12(6-7-17)11(2)18(10)14-9-13(16)4-5-15(14)19-3/h4-5,8-9H,6H2,1-3H3. The summed E-state index contributed by atoms with van der Waals surface area (Å²) in [5.74, 6) is 0.759. The number of methoxy groups -OCH3 is 1. The zero-order valence-corrected chi connectivity index (χ0v) is 12.0. The van der Waals surface area contributed by atoms with Gasteiger partial charge >= 0.3 is 0 Å². The number of hydrogen-bond donors (Lipinski definition) is 0. The molecule has 0 aliphatic heterocycles. The average molecular weight is 275 g/mol. The quantitative estimate of drug-likeness (QED) is 0.853. The van der Waals surface area contributed by atoms with Gasteiger partial charge in [-0.05, 0) is 43.7 Å². The van der Waals surface area contributed by atoms with Gasteiger partial charge in [-0.1, -0.05) is 11.6 Å². The lowest BCUT2D eigenvalue weighted by molar-refractivity contribution is 0.412. The van der Waals surface area contributed by atoms with Crippen LogP contribution in [0.4, 0.5) is 0 Å². The van der Waals surface area contributed by atoms with Crippen molar-refractivity contribution in [3.8, 4) is 17.5 Å². The first-order chi connectivity index (χ1) is 9.08. The highest BCUT2D eigenvalue weighted by Crippen LogP contribution is 2.30. The maximum absolute atomic E-state index is 8.85. The van der Waals surface area contributed by atoms with Gasteiger partial charge in [-0.25, -0.2) is 0 Å². The third-order valence-electron chi connectivity index (χ3n) is 3.19. The fourth-order valence-electron chi connectivity index (χ4n) is 2.30. The van der Waals surface area contributed by atoms with E-state index in [0.29, 0.717) is 11.4 Å². The lowest BCUT2D eigenvalue weighted by atomic mass is 10.2. The van der Waals surface area contributed by atoms with Gasteiger partial charge in [0.1, 0.15) is 5.75 Å². The number of hydrogen-bond acceptors (Lipinski definition) is 2. The van der Waals surface area contributed by atoms with Crippen LogP contribution in [0.25, 0.3) is 5.69 Å². The van der Waals surface area contributed by atoms with Crippen LogP contribution in [-0.4, -0.2) is 11.7 Å². The second-order valence-corrected chi connectivity index (χ2v) is 4.82. The smallest absolute Gasteiger partial charge is 0.142 e. The van der Waals surface area contributed by atoms with E-state index in [4.69, 9.17) is 21.6 Å². The van der Waals surface area contributed by atoms with Crippen molar-refractivity contribution in [2.75, 3.05) is 7.11 Å². The zero-order chi connectivity index (χ0) is 14.0. The van der Waals surface area contributed by atoms with Crippen LogP contribution in [0.1, 0.15) is 17.0 Å². The van der Waals surface area contributed by atoms with Gasteiger partial charge in [0.15, 0.2) is 0 Å². The highest BCUT2D eigenvalue weighted by Gasteiger charge is 2.14. The molecule has 1 aromatic heterocycles. The molecule has 0 aliphatic carbocycles. The molecule has 3 nitrogen and oxygen atoms in total. The Morgan fingerprint density at radius 3 is 2.68 bits per heavy atom. The van der Waals surface area contributed by atoms with Crippen molar-refractivity contribution in [1.29, 1.82) is 5.26 Å². The Bertz CT molecular complexity index is 653. The highest BCUT2D eigenvalue weighted by molar-refractivity contribution is 6.30. The van der Waals surface area contributed by atoms with Crippen molar-refractivity contribution in [2.45, 2.75) is 20.3 Å². The van der Waals surface area contributed by atoms with Crippen LogP contribution in [0.2, 0.25) is 5.02 Å². The molecular formula is C15H15ClN2O. The van der Waals surface area contributed by atoms with Crippen LogP contribution in [0, 0.1) is 25.2 Å². The van der Waals surface area contributed by atoms with E-state index >= 15 is 0 Å². The molecule has 0 atom stereocenters. The van der Waals surface area contributed by atoms with Crippen LogP contribution in [-0.2, 0) is 6.42 Å². The minimum absolute atomic E-state index is 0.405. The molecule has 19 heavy (non-hydrogen) atoms. The van der Waals surface area contributed by atoms with Crippen molar-refractivity contribution in [3.05, 3.63) is 46.2 Å². The van der Waals surface area contributed by atoms with Crippen LogP contribution in [0.15, 0.2) is 24.3 Å². The molecule has 0 saturated carbocycles. The molecule has 1 aromatic carbocycles. The van der Waals surface area contributed by atoms with E-state index in [-0.39, 0.29) is 0 Å². The summed E-state index contributed by atoms with van der Waals surface area (Å²) in [6, 6.07) is 9.73. The maximum atomic E-state index is 8.85. The minimum Gasteiger partial charge on any atom is -0.495 e. The fourth-order valence-corrected chi connectivity index (χ4v) is 2.47. The van der Waals surface area contributed by atoms with Gasteiger partial charge in [-0.2, -0.15) is 5.26 Å². The van der Waals surface area contributed by atoms with E-state index in [1.165, 1.54) is 0 Å². The Labute approximate surface area is 118 Å². The van der Waals surface area contributed by atoms with Gasteiger partial charge in [-0.15, -0.1) is 0 Å². The number of rotatable bonds is 3. The SMILES string of the molecule is COc1ccc(Cl)cc1-n1c(C)cc(CC#N)c1C. The van der Waals surface area contributed by atoms with Gasteiger partial charge in [0.05, 0.1) is 25.3 Å². The molecule has 0 saturated heterocycles. The molecule has 2 aromatic rings. The summed E-state index contributed by atoms with van der Waals surface area (Å²) in [6.07, 6.45) is 0.405. The van der Waals surface area contributed by atoms with Gasteiger partial charge in [0.2, 0.25) is 0 Å². The first kappa shape index (κ1) is 13.5. The Hall–Kier alpha value is -1.92. The molecule has 4 heteroatoms. The fraction of sp³-hybridized carbons (Fsp3) is 0.267. The zero-order valence-electron chi connectivity index (χ0n) is 11.2. The molecule has 0 unspecified atom stereocenters. The lowest BCUT2D eigenvalue weighted by Crippen LogP contribution is -2.02. The van der Waals surface area contributed by atoms with E-state index in [9.17, 15) is 0 Å². The molecule has 0 aliphatic rings.